The fourth-order valence-corrected chi connectivity index (χ4v) is 1.20. The largest absolute Gasteiger partial charge is 0.394 e. The second-order valence-electron chi connectivity index (χ2n) is 3.03. The Labute approximate surface area is 66.2 Å². The Morgan fingerprint density at radius 3 is 2.91 bits per heavy atom. The van der Waals surface area contributed by atoms with Crippen LogP contribution in [0.1, 0.15) is 13.8 Å². The summed E-state index contributed by atoms with van der Waals surface area (Å²) in [6, 6.07) is 0.0653. The summed E-state index contributed by atoms with van der Waals surface area (Å²) in [4.78, 5) is 12.7. The van der Waals surface area contributed by atoms with Crippen molar-refractivity contribution in [2.75, 3.05) is 13.2 Å². The molecule has 64 valence electrons. The minimum atomic E-state index is -0.0703. The van der Waals surface area contributed by atoms with Gasteiger partial charge in [-0.3, -0.25) is 0 Å². The van der Waals surface area contributed by atoms with E-state index in [9.17, 15) is 4.79 Å². The molecule has 1 heterocycles. The van der Waals surface area contributed by atoms with Crippen molar-refractivity contribution >= 4 is 6.03 Å². The summed E-state index contributed by atoms with van der Waals surface area (Å²) in [5, 5.41) is 11.5. The van der Waals surface area contributed by atoms with Gasteiger partial charge in [-0.05, 0) is 13.8 Å². The average molecular weight is 158 g/mol. The van der Waals surface area contributed by atoms with E-state index in [4.69, 9.17) is 5.11 Å². The molecule has 1 saturated heterocycles. The molecule has 1 fully saturated rings. The molecule has 1 aliphatic rings. The van der Waals surface area contributed by atoms with Crippen LogP contribution in [0.2, 0.25) is 0 Å². The quantitative estimate of drug-likeness (QED) is 0.583. The van der Waals surface area contributed by atoms with Crippen molar-refractivity contribution in [1.82, 2.24) is 10.2 Å². The maximum absolute atomic E-state index is 11.1. The molecule has 4 nitrogen and oxygen atoms in total. The Kier molecular flexibility index (Phi) is 2.34. The minimum absolute atomic E-state index is 0.0279. The highest BCUT2D eigenvalue weighted by Crippen LogP contribution is 2.07. The van der Waals surface area contributed by atoms with Crippen LogP contribution in [-0.4, -0.2) is 41.3 Å². The number of rotatable bonds is 2. The average Bonchev–Trinajstić information content (AvgIpc) is 2.28. The number of carbonyl (C=O) groups excluding carboxylic acids is 1. The monoisotopic (exact) mass is 158 g/mol. The van der Waals surface area contributed by atoms with Crippen molar-refractivity contribution in [3.05, 3.63) is 0 Å². The maximum atomic E-state index is 11.1. The van der Waals surface area contributed by atoms with Crippen molar-refractivity contribution in [3.63, 3.8) is 0 Å². The van der Waals surface area contributed by atoms with E-state index in [1.807, 2.05) is 13.8 Å². The fraction of sp³-hybridized carbons (Fsp3) is 0.857. The molecular formula is C7H14N2O2. The number of urea groups is 1. The molecule has 0 aliphatic carbocycles. The Morgan fingerprint density at radius 1 is 1.91 bits per heavy atom. The van der Waals surface area contributed by atoms with Crippen LogP contribution < -0.4 is 5.32 Å². The molecule has 0 aromatic rings. The number of nitrogens with one attached hydrogen (secondary N) is 1. The summed E-state index contributed by atoms with van der Waals surface area (Å²) in [6.45, 7) is 4.50. The second kappa shape index (κ2) is 3.09. The third-order valence-electron chi connectivity index (χ3n) is 1.90. The lowest BCUT2D eigenvalue weighted by Crippen LogP contribution is -2.38. The second-order valence-corrected chi connectivity index (χ2v) is 3.03. The third kappa shape index (κ3) is 1.63. The van der Waals surface area contributed by atoms with Gasteiger partial charge in [-0.25, -0.2) is 4.79 Å². The van der Waals surface area contributed by atoms with Gasteiger partial charge >= 0.3 is 6.03 Å². The Morgan fingerprint density at radius 2 is 2.55 bits per heavy atom. The lowest BCUT2D eigenvalue weighted by atomic mass is 10.3. The van der Waals surface area contributed by atoms with Crippen molar-refractivity contribution in [3.8, 4) is 0 Å². The SMILES string of the molecule is CC1CN(C(C)CO)C(=O)N1. The van der Waals surface area contributed by atoms with Crippen molar-refractivity contribution in [1.29, 1.82) is 0 Å². The van der Waals surface area contributed by atoms with Crippen molar-refractivity contribution in [2.24, 2.45) is 0 Å². The van der Waals surface area contributed by atoms with Crippen molar-refractivity contribution < 1.29 is 9.90 Å². The minimum Gasteiger partial charge on any atom is -0.394 e. The molecule has 11 heavy (non-hydrogen) atoms. The van der Waals surface area contributed by atoms with E-state index in [-0.39, 0.29) is 24.7 Å². The summed E-state index contributed by atoms with van der Waals surface area (Å²) in [7, 11) is 0. The number of hydrogen-bond acceptors (Lipinski definition) is 2. The molecule has 2 atom stereocenters. The first-order chi connectivity index (χ1) is 5.15. The van der Waals surface area contributed by atoms with Gasteiger partial charge in [-0.15, -0.1) is 0 Å². The number of amides is 2. The molecule has 0 aromatic carbocycles. The maximum Gasteiger partial charge on any atom is 0.318 e. The van der Waals surface area contributed by atoms with Crippen LogP contribution in [0.3, 0.4) is 0 Å². The zero-order valence-corrected chi connectivity index (χ0v) is 6.87. The molecule has 2 N–H and O–H groups in total. The number of hydrogen-bond donors (Lipinski definition) is 2. The first kappa shape index (κ1) is 8.33. The first-order valence-corrected chi connectivity index (χ1v) is 3.83. The lowest BCUT2D eigenvalue weighted by Gasteiger charge is -2.20. The summed E-state index contributed by atoms with van der Waals surface area (Å²) in [5.74, 6) is 0. The highest BCUT2D eigenvalue weighted by Gasteiger charge is 2.28. The van der Waals surface area contributed by atoms with Gasteiger partial charge in [0.25, 0.3) is 0 Å². The molecular weight excluding hydrogens is 144 g/mol. The van der Waals surface area contributed by atoms with E-state index in [0.717, 1.165) is 0 Å². The lowest BCUT2D eigenvalue weighted by molar-refractivity contribution is 0.159. The van der Waals surface area contributed by atoms with E-state index < -0.39 is 0 Å². The molecule has 2 unspecified atom stereocenters. The van der Waals surface area contributed by atoms with Gasteiger partial charge in [0.1, 0.15) is 0 Å². The van der Waals surface area contributed by atoms with Gasteiger partial charge in [-0.1, -0.05) is 0 Å². The summed E-state index contributed by atoms with van der Waals surface area (Å²) >= 11 is 0. The highest BCUT2D eigenvalue weighted by atomic mass is 16.3. The van der Waals surface area contributed by atoms with Crippen LogP contribution in [0.25, 0.3) is 0 Å². The predicted octanol–water partition coefficient (Wildman–Crippen LogP) is -0.219. The fourth-order valence-electron chi connectivity index (χ4n) is 1.20. The standard InChI is InChI=1S/C7H14N2O2/c1-5-3-9(6(2)4-10)7(11)8-5/h5-6,10H,3-4H2,1-2H3,(H,8,11). The van der Waals surface area contributed by atoms with Crippen LogP contribution in [0, 0.1) is 0 Å². The van der Waals surface area contributed by atoms with E-state index in [1.54, 1.807) is 4.90 Å². The van der Waals surface area contributed by atoms with Gasteiger partial charge in [0.05, 0.1) is 12.6 Å². The van der Waals surface area contributed by atoms with E-state index in [1.165, 1.54) is 0 Å². The number of aliphatic hydroxyl groups is 1. The van der Waals surface area contributed by atoms with Gasteiger partial charge in [0.2, 0.25) is 0 Å². The first-order valence-electron chi connectivity index (χ1n) is 3.83. The van der Waals surface area contributed by atoms with Crippen LogP contribution in [-0.2, 0) is 0 Å². The van der Waals surface area contributed by atoms with E-state index in [2.05, 4.69) is 5.32 Å². The molecule has 0 spiro atoms. The Bertz CT molecular complexity index is 161. The van der Waals surface area contributed by atoms with Gasteiger partial charge in [-0.2, -0.15) is 0 Å². The van der Waals surface area contributed by atoms with Gasteiger partial charge < -0.3 is 15.3 Å². The summed E-state index contributed by atoms with van der Waals surface area (Å²) in [6.07, 6.45) is 0. The normalized spacial score (nSPS) is 27.0. The predicted molar refractivity (Wildman–Crippen MR) is 41.2 cm³/mol. The molecule has 0 bridgehead atoms. The van der Waals surface area contributed by atoms with Crippen molar-refractivity contribution in [2.45, 2.75) is 25.9 Å². The smallest absolute Gasteiger partial charge is 0.318 e. The molecule has 2 amide bonds. The van der Waals surface area contributed by atoms with Crippen LogP contribution in [0.5, 0.6) is 0 Å². The van der Waals surface area contributed by atoms with Crippen LogP contribution in [0.4, 0.5) is 4.79 Å². The molecule has 1 rings (SSSR count). The van der Waals surface area contributed by atoms with E-state index in [0.29, 0.717) is 6.54 Å². The topological polar surface area (TPSA) is 52.6 Å². The molecule has 4 heteroatoms. The molecule has 0 saturated carbocycles. The van der Waals surface area contributed by atoms with Crippen LogP contribution >= 0.6 is 0 Å². The van der Waals surface area contributed by atoms with E-state index >= 15 is 0 Å². The highest BCUT2D eigenvalue weighted by molar-refractivity contribution is 5.77. The summed E-state index contributed by atoms with van der Waals surface area (Å²) < 4.78 is 0. The van der Waals surface area contributed by atoms with Crippen LogP contribution in [0.15, 0.2) is 0 Å². The molecule has 0 radical (unpaired) electrons. The summed E-state index contributed by atoms with van der Waals surface area (Å²) in [5.41, 5.74) is 0. The molecule has 0 aromatic heterocycles. The third-order valence-corrected chi connectivity index (χ3v) is 1.90. The number of aliphatic hydroxyl groups excluding tert-OH is 1. The Balaban J connectivity index is 2.52. The zero-order chi connectivity index (χ0) is 8.43. The molecule has 1 aliphatic heterocycles. The Hall–Kier alpha value is -0.770. The zero-order valence-electron chi connectivity index (χ0n) is 6.87. The van der Waals surface area contributed by atoms with Gasteiger partial charge in [0, 0.05) is 12.6 Å². The van der Waals surface area contributed by atoms with Gasteiger partial charge in [0.15, 0.2) is 0 Å². The number of carbonyl (C=O) groups is 1. The number of nitrogens with zero attached hydrogens (tertiary/aromatic N) is 1.